The lowest BCUT2D eigenvalue weighted by atomic mass is 10.1. The molecule has 0 spiro atoms. The van der Waals surface area contributed by atoms with Crippen LogP contribution in [0.1, 0.15) is 32.4 Å². The highest BCUT2D eigenvalue weighted by Gasteiger charge is 2.20. The Morgan fingerprint density at radius 2 is 1.95 bits per heavy atom. The third-order valence-electron chi connectivity index (χ3n) is 2.18. The smallest absolute Gasteiger partial charge is 0.412 e. The molecule has 1 amide bonds. The van der Waals surface area contributed by atoms with E-state index in [1.165, 1.54) is 18.2 Å². The van der Waals surface area contributed by atoms with Gasteiger partial charge in [0.05, 0.1) is 5.69 Å². The quantitative estimate of drug-likeness (QED) is 0.782. The summed E-state index contributed by atoms with van der Waals surface area (Å²) in [5.41, 5.74) is -0.168. The van der Waals surface area contributed by atoms with E-state index >= 15 is 0 Å². The van der Waals surface area contributed by atoms with Gasteiger partial charge in [-0.3, -0.25) is 5.32 Å². The van der Waals surface area contributed by atoms with Gasteiger partial charge in [0.1, 0.15) is 5.60 Å². The zero-order valence-corrected chi connectivity index (χ0v) is 12.9. The molecule has 0 aliphatic rings. The van der Waals surface area contributed by atoms with Crippen LogP contribution < -0.4 is 5.32 Å². The van der Waals surface area contributed by atoms with Crippen LogP contribution in [0.3, 0.4) is 0 Å². The van der Waals surface area contributed by atoms with Crippen molar-refractivity contribution >= 4 is 33.7 Å². The first-order valence-electron chi connectivity index (χ1n) is 5.80. The van der Waals surface area contributed by atoms with Crippen molar-refractivity contribution in [2.24, 2.45) is 0 Å². The molecule has 0 radical (unpaired) electrons. The van der Waals surface area contributed by atoms with Crippen LogP contribution in [0.25, 0.3) is 0 Å². The number of hydrogen-bond donors (Lipinski definition) is 3. The van der Waals surface area contributed by atoms with E-state index in [0.29, 0.717) is 10.2 Å². The van der Waals surface area contributed by atoms with E-state index in [2.05, 4.69) is 21.2 Å². The minimum absolute atomic E-state index is 0.159. The summed E-state index contributed by atoms with van der Waals surface area (Å²) in [6.45, 7) is 5.19. The molecular weight excluding hydrogens is 330 g/mol. The molecule has 20 heavy (non-hydrogen) atoms. The third kappa shape index (κ3) is 4.82. The predicted octanol–water partition coefficient (Wildman–Crippen LogP) is 2.91. The lowest BCUT2D eigenvalue weighted by Crippen LogP contribution is -2.27. The Morgan fingerprint density at radius 1 is 1.35 bits per heavy atom. The average molecular weight is 346 g/mol. The number of carboxylic acids is 1. The Hall–Kier alpha value is -1.60. The molecular formula is C13H16BrNO5. The number of carbonyl (C=O) groups is 2. The molecule has 0 bridgehead atoms. The number of aliphatic carboxylic acids is 1. The van der Waals surface area contributed by atoms with Crippen LogP contribution in [0.2, 0.25) is 0 Å². The molecule has 1 rings (SSSR count). The molecule has 0 aliphatic heterocycles. The summed E-state index contributed by atoms with van der Waals surface area (Å²) >= 11 is 3.23. The summed E-state index contributed by atoms with van der Waals surface area (Å²) in [6.07, 6.45) is -2.32. The van der Waals surface area contributed by atoms with Crippen LogP contribution in [0.4, 0.5) is 10.5 Å². The zero-order chi connectivity index (χ0) is 15.5. The fraction of sp³-hybridized carbons (Fsp3) is 0.385. The van der Waals surface area contributed by atoms with Gasteiger partial charge in [-0.15, -0.1) is 0 Å². The molecule has 0 fully saturated rings. The first kappa shape index (κ1) is 16.5. The highest BCUT2D eigenvalue weighted by Crippen LogP contribution is 2.27. The molecule has 6 nitrogen and oxygen atoms in total. The zero-order valence-electron chi connectivity index (χ0n) is 11.3. The van der Waals surface area contributed by atoms with E-state index < -0.39 is 23.8 Å². The fourth-order valence-corrected chi connectivity index (χ4v) is 1.71. The number of hydrogen-bond acceptors (Lipinski definition) is 4. The van der Waals surface area contributed by atoms with Crippen LogP contribution in [-0.4, -0.2) is 27.9 Å². The molecule has 7 heteroatoms. The number of carboxylic acid groups (broad SMARTS) is 1. The SMILES string of the molecule is CC(C)(C)OC(=O)Nc1cc(C(O)C(=O)O)ccc1Br. The van der Waals surface area contributed by atoms with Crippen LogP contribution in [-0.2, 0) is 9.53 Å². The first-order chi connectivity index (χ1) is 9.10. The number of anilines is 1. The Kier molecular flexibility index (Phi) is 5.13. The number of nitrogens with one attached hydrogen (secondary N) is 1. The number of halogens is 1. The molecule has 110 valence electrons. The number of benzene rings is 1. The molecule has 1 atom stereocenters. The van der Waals surface area contributed by atoms with Crippen LogP contribution in [0.5, 0.6) is 0 Å². The molecule has 3 N–H and O–H groups in total. The lowest BCUT2D eigenvalue weighted by Gasteiger charge is -2.20. The topological polar surface area (TPSA) is 95.9 Å². The van der Waals surface area contributed by atoms with E-state index in [9.17, 15) is 14.7 Å². The first-order valence-corrected chi connectivity index (χ1v) is 6.60. The van der Waals surface area contributed by atoms with Crippen molar-refractivity contribution in [1.29, 1.82) is 0 Å². The predicted molar refractivity (Wildman–Crippen MR) is 76.6 cm³/mol. The van der Waals surface area contributed by atoms with Gasteiger partial charge in [-0.25, -0.2) is 9.59 Å². The van der Waals surface area contributed by atoms with Crippen molar-refractivity contribution in [2.45, 2.75) is 32.5 Å². The van der Waals surface area contributed by atoms with Gasteiger partial charge in [-0.1, -0.05) is 6.07 Å². The second-order valence-electron chi connectivity index (χ2n) is 5.11. The molecule has 1 unspecified atom stereocenters. The summed E-state index contributed by atoms with van der Waals surface area (Å²) in [4.78, 5) is 22.4. The average Bonchev–Trinajstić information content (AvgIpc) is 2.28. The minimum atomic E-state index is -1.65. The van der Waals surface area contributed by atoms with Gasteiger partial charge < -0.3 is 14.9 Å². The van der Waals surface area contributed by atoms with Gasteiger partial charge in [-0.2, -0.15) is 0 Å². The van der Waals surface area contributed by atoms with Gasteiger partial charge in [-0.05, 0) is 54.4 Å². The van der Waals surface area contributed by atoms with Crippen LogP contribution in [0.15, 0.2) is 22.7 Å². The van der Waals surface area contributed by atoms with E-state index in [1.807, 2.05) is 0 Å². The molecule has 0 aliphatic carbocycles. The molecule has 0 aromatic heterocycles. The number of amides is 1. The highest BCUT2D eigenvalue weighted by molar-refractivity contribution is 9.10. The van der Waals surface area contributed by atoms with Crippen molar-refractivity contribution in [3.05, 3.63) is 28.2 Å². The van der Waals surface area contributed by atoms with Crippen molar-refractivity contribution < 1.29 is 24.5 Å². The summed E-state index contributed by atoms with van der Waals surface area (Å²) in [6, 6.07) is 4.35. The van der Waals surface area contributed by atoms with E-state index in [1.54, 1.807) is 20.8 Å². The fourth-order valence-electron chi connectivity index (χ4n) is 1.36. The van der Waals surface area contributed by atoms with Crippen molar-refractivity contribution in [1.82, 2.24) is 0 Å². The number of carbonyl (C=O) groups excluding carboxylic acids is 1. The summed E-state index contributed by atoms with van der Waals surface area (Å²) in [7, 11) is 0. The van der Waals surface area contributed by atoms with Crippen molar-refractivity contribution in [3.8, 4) is 0 Å². The van der Waals surface area contributed by atoms with E-state index in [-0.39, 0.29) is 5.56 Å². The number of rotatable bonds is 3. The van der Waals surface area contributed by atoms with Crippen LogP contribution >= 0.6 is 15.9 Å². The highest BCUT2D eigenvalue weighted by atomic mass is 79.9. The van der Waals surface area contributed by atoms with Gasteiger partial charge in [0.25, 0.3) is 0 Å². The monoisotopic (exact) mass is 345 g/mol. The molecule has 1 aromatic rings. The summed E-state index contributed by atoms with van der Waals surface area (Å²) in [5.74, 6) is -1.37. The van der Waals surface area contributed by atoms with Crippen molar-refractivity contribution in [3.63, 3.8) is 0 Å². The lowest BCUT2D eigenvalue weighted by molar-refractivity contribution is -0.146. The van der Waals surface area contributed by atoms with Crippen molar-refractivity contribution in [2.75, 3.05) is 5.32 Å². The number of aliphatic hydroxyl groups excluding tert-OH is 1. The normalized spacial score (nSPS) is 12.7. The summed E-state index contributed by atoms with van der Waals surface area (Å²) in [5, 5.41) is 20.7. The molecule has 0 heterocycles. The summed E-state index contributed by atoms with van der Waals surface area (Å²) < 4.78 is 5.64. The Balaban J connectivity index is 2.92. The maximum atomic E-state index is 11.7. The van der Waals surface area contributed by atoms with Crippen LogP contribution in [0, 0.1) is 0 Å². The minimum Gasteiger partial charge on any atom is -0.479 e. The standard InChI is InChI=1S/C13H16BrNO5/c1-13(2,3)20-12(19)15-9-6-7(4-5-8(9)14)10(16)11(17)18/h4-6,10,16H,1-3H3,(H,15,19)(H,17,18). The molecule has 0 saturated heterocycles. The Labute approximate surface area is 124 Å². The Morgan fingerprint density at radius 3 is 2.45 bits per heavy atom. The van der Waals surface area contributed by atoms with Gasteiger partial charge in [0.2, 0.25) is 0 Å². The van der Waals surface area contributed by atoms with Gasteiger partial charge >= 0.3 is 12.1 Å². The molecule has 1 aromatic carbocycles. The van der Waals surface area contributed by atoms with Gasteiger partial charge in [0.15, 0.2) is 6.10 Å². The van der Waals surface area contributed by atoms with E-state index in [4.69, 9.17) is 9.84 Å². The third-order valence-corrected chi connectivity index (χ3v) is 2.87. The second-order valence-corrected chi connectivity index (χ2v) is 5.96. The molecule has 0 saturated carbocycles. The Bertz CT molecular complexity index is 524. The second kappa shape index (κ2) is 6.23. The van der Waals surface area contributed by atoms with E-state index in [0.717, 1.165) is 0 Å². The number of aliphatic hydroxyl groups is 1. The number of ether oxygens (including phenoxy) is 1. The van der Waals surface area contributed by atoms with Gasteiger partial charge in [0, 0.05) is 4.47 Å². The maximum Gasteiger partial charge on any atom is 0.412 e. The maximum absolute atomic E-state index is 11.7. The largest absolute Gasteiger partial charge is 0.479 e.